The zero-order valence-corrected chi connectivity index (χ0v) is 13.9. The van der Waals surface area contributed by atoms with Crippen molar-refractivity contribution < 1.29 is 14.3 Å². The molecule has 0 unspecified atom stereocenters. The first-order valence-corrected chi connectivity index (χ1v) is 7.91. The lowest BCUT2D eigenvalue weighted by atomic mass is 10.1. The first-order valence-electron chi connectivity index (χ1n) is 7.91. The van der Waals surface area contributed by atoms with Gasteiger partial charge in [0.15, 0.2) is 0 Å². The van der Waals surface area contributed by atoms with Gasteiger partial charge in [0, 0.05) is 19.2 Å². The molecule has 0 aliphatic carbocycles. The van der Waals surface area contributed by atoms with Crippen molar-refractivity contribution in [1.29, 1.82) is 0 Å². The highest BCUT2D eigenvalue weighted by Crippen LogP contribution is 2.12. The van der Waals surface area contributed by atoms with Crippen molar-refractivity contribution in [2.45, 2.75) is 13.3 Å². The molecule has 0 aliphatic rings. The van der Waals surface area contributed by atoms with Gasteiger partial charge >= 0.3 is 0 Å². The molecule has 1 heterocycles. The summed E-state index contributed by atoms with van der Waals surface area (Å²) in [6.07, 6.45) is 0.252. The van der Waals surface area contributed by atoms with E-state index in [1.165, 1.54) is 12.1 Å². The summed E-state index contributed by atoms with van der Waals surface area (Å²) in [6, 6.07) is 9.88. The van der Waals surface area contributed by atoms with E-state index < -0.39 is 5.91 Å². The SMILES string of the molecule is CCOc1ccc(CC(=O)NCCNC(=O)c2ccc(=O)[nH]n2)cc1. The second kappa shape index (κ2) is 9.21. The van der Waals surface area contributed by atoms with Gasteiger partial charge in [-0.05, 0) is 30.7 Å². The van der Waals surface area contributed by atoms with Crippen LogP contribution in [-0.2, 0) is 11.2 Å². The molecule has 8 nitrogen and oxygen atoms in total. The van der Waals surface area contributed by atoms with Gasteiger partial charge in [0.05, 0.1) is 13.0 Å². The maximum Gasteiger partial charge on any atom is 0.271 e. The number of amides is 2. The third-order valence-corrected chi connectivity index (χ3v) is 3.24. The highest BCUT2D eigenvalue weighted by Gasteiger charge is 2.07. The highest BCUT2D eigenvalue weighted by atomic mass is 16.5. The molecule has 0 spiro atoms. The molecule has 1 aromatic carbocycles. The summed E-state index contributed by atoms with van der Waals surface area (Å²) in [5.74, 6) is 0.211. The van der Waals surface area contributed by atoms with Crippen LogP contribution in [-0.4, -0.2) is 41.7 Å². The molecule has 8 heteroatoms. The quantitative estimate of drug-likeness (QED) is 0.595. The predicted octanol–water partition coefficient (Wildman–Crippen LogP) is 0.257. The van der Waals surface area contributed by atoms with Crippen molar-refractivity contribution in [3.8, 4) is 5.75 Å². The number of aromatic amines is 1. The highest BCUT2D eigenvalue weighted by molar-refractivity contribution is 5.92. The fourth-order valence-corrected chi connectivity index (χ4v) is 2.06. The standard InChI is InChI=1S/C17H20N4O4/c1-2-25-13-5-3-12(4-6-13)11-16(23)18-9-10-19-17(24)14-7-8-15(22)21-20-14/h3-8H,2,9-11H2,1H3,(H,18,23)(H,19,24)(H,21,22). The number of rotatable bonds is 8. The number of hydrogen-bond donors (Lipinski definition) is 3. The molecule has 25 heavy (non-hydrogen) atoms. The summed E-state index contributed by atoms with van der Waals surface area (Å²) in [5, 5.41) is 11.1. The molecule has 0 bridgehead atoms. The van der Waals surface area contributed by atoms with Crippen molar-refractivity contribution in [3.63, 3.8) is 0 Å². The number of nitrogens with one attached hydrogen (secondary N) is 3. The van der Waals surface area contributed by atoms with Gasteiger partial charge in [-0.2, -0.15) is 5.10 Å². The number of carbonyl (C=O) groups is 2. The number of benzene rings is 1. The molecular formula is C17H20N4O4. The van der Waals surface area contributed by atoms with Gasteiger partial charge in [-0.3, -0.25) is 14.4 Å². The molecule has 0 saturated heterocycles. The van der Waals surface area contributed by atoms with Crippen molar-refractivity contribution in [2.75, 3.05) is 19.7 Å². The van der Waals surface area contributed by atoms with Crippen LogP contribution in [0.1, 0.15) is 23.0 Å². The van der Waals surface area contributed by atoms with E-state index in [0.29, 0.717) is 13.2 Å². The number of carbonyl (C=O) groups excluding carboxylic acids is 2. The third kappa shape index (κ3) is 6.09. The zero-order chi connectivity index (χ0) is 18.1. The maximum absolute atomic E-state index is 11.9. The lowest BCUT2D eigenvalue weighted by Gasteiger charge is -2.07. The number of hydrogen-bond acceptors (Lipinski definition) is 5. The van der Waals surface area contributed by atoms with E-state index >= 15 is 0 Å². The molecule has 2 aromatic rings. The Morgan fingerprint density at radius 1 is 1.08 bits per heavy atom. The summed E-state index contributed by atoms with van der Waals surface area (Å²) in [7, 11) is 0. The minimum atomic E-state index is -0.419. The lowest BCUT2D eigenvalue weighted by molar-refractivity contribution is -0.120. The van der Waals surface area contributed by atoms with E-state index in [4.69, 9.17) is 4.74 Å². The number of H-pyrrole nitrogens is 1. The van der Waals surface area contributed by atoms with Crippen molar-refractivity contribution >= 4 is 11.8 Å². The average molecular weight is 344 g/mol. The topological polar surface area (TPSA) is 113 Å². The molecule has 2 amide bonds. The normalized spacial score (nSPS) is 10.1. The van der Waals surface area contributed by atoms with E-state index in [1.807, 2.05) is 31.2 Å². The number of aromatic nitrogens is 2. The van der Waals surface area contributed by atoms with Crippen LogP contribution in [0.25, 0.3) is 0 Å². The van der Waals surface area contributed by atoms with Crippen molar-refractivity contribution in [2.24, 2.45) is 0 Å². The lowest BCUT2D eigenvalue weighted by Crippen LogP contribution is -2.35. The first-order chi connectivity index (χ1) is 12.1. The molecule has 2 rings (SSSR count). The van der Waals surface area contributed by atoms with Crippen LogP contribution in [0.4, 0.5) is 0 Å². The van der Waals surface area contributed by atoms with Gasteiger partial charge < -0.3 is 15.4 Å². The minimum absolute atomic E-state index is 0.111. The maximum atomic E-state index is 11.9. The van der Waals surface area contributed by atoms with Crippen LogP contribution in [0.15, 0.2) is 41.2 Å². The Kier molecular flexibility index (Phi) is 6.70. The van der Waals surface area contributed by atoms with Crippen LogP contribution in [0.2, 0.25) is 0 Å². The molecule has 0 aliphatic heterocycles. The van der Waals surface area contributed by atoms with Gasteiger partial charge in [-0.25, -0.2) is 5.10 Å². The number of nitrogens with zero attached hydrogens (tertiary/aromatic N) is 1. The Labute approximate surface area is 144 Å². The summed E-state index contributed by atoms with van der Waals surface area (Å²) >= 11 is 0. The van der Waals surface area contributed by atoms with E-state index in [9.17, 15) is 14.4 Å². The molecule has 0 saturated carbocycles. The van der Waals surface area contributed by atoms with Crippen LogP contribution >= 0.6 is 0 Å². The van der Waals surface area contributed by atoms with Crippen LogP contribution < -0.4 is 20.9 Å². The number of ether oxygens (including phenoxy) is 1. The average Bonchev–Trinajstić information content (AvgIpc) is 2.61. The summed E-state index contributed by atoms with van der Waals surface area (Å²) < 4.78 is 5.35. The van der Waals surface area contributed by atoms with E-state index in [2.05, 4.69) is 20.8 Å². The van der Waals surface area contributed by atoms with Crippen molar-refractivity contribution in [3.05, 3.63) is 58.0 Å². The molecule has 0 atom stereocenters. The van der Waals surface area contributed by atoms with Crippen LogP contribution in [0, 0.1) is 0 Å². The Hall–Kier alpha value is -3.16. The summed E-state index contributed by atoms with van der Waals surface area (Å²) in [5.41, 5.74) is 0.612. The third-order valence-electron chi connectivity index (χ3n) is 3.24. The first kappa shape index (κ1) is 18.2. The van der Waals surface area contributed by atoms with E-state index in [0.717, 1.165) is 11.3 Å². The monoisotopic (exact) mass is 344 g/mol. The molecule has 0 radical (unpaired) electrons. The largest absolute Gasteiger partial charge is 0.494 e. The molecular weight excluding hydrogens is 324 g/mol. The summed E-state index contributed by atoms with van der Waals surface area (Å²) in [4.78, 5) is 34.5. The molecule has 0 fully saturated rings. The molecule has 132 valence electrons. The molecule has 1 aromatic heterocycles. The Morgan fingerprint density at radius 2 is 1.80 bits per heavy atom. The fourth-order valence-electron chi connectivity index (χ4n) is 2.06. The Morgan fingerprint density at radius 3 is 2.44 bits per heavy atom. The Balaban J connectivity index is 1.68. The van der Waals surface area contributed by atoms with Crippen LogP contribution in [0.5, 0.6) is 5.75 Å². The second-order valence-electron chi connectivity index (χ2n) is 5.17. The van der Waals surface area contributed by atoms with Crippen LogP contribution in [0.3, 0.4) is 0 Å². The van der Waals surface area contributed by atoms with Gasteiger partial charge in [0.2, 0.25) is 5.91 Å². The van der Waals surface area contributed by atoms with E-state index in [1.54, 1.807) is 0 Å². The van der Waals surface area contributed by atoms with Gasteiger partial charge in [-0.15, -0.1) is 0 Å². The van der Waals surface area contributed by atoms with Gasteiger partial charge in [0.25, 0.3) is 11.5 Å². The van der Waals surface area contributed by atoms with Gasteiger partial charge in [0.1, 0.15) is 11.4 Å². The van der Waals surface area contributed by atoms with Crippen molar-refractivity contribution in [1.82, 2.24) is 20.8 Å². The zero-order valence-electron chi connectivity index (χ0n) is 13.9. The molecule has 3 N–H and O–H groups in total. The fraction of sp³-hybridized carbons (Fsp3) is 0.294. The smallest absolute Gasteiger partial charge is 0.271 e. The van der Waals surface area contributed by atoms with Gasteiger partial charge in [-0.1, -0.05) is 12.1 Å². The van der Waals surface area contributed by atoms with E-state index in [-0.39, 0.29) is 30.1 Å². The summed E-state index contributed by atoms with van der Waals surface area (Å²) in [6.45, 7) is 3.06. The Bertz CT molecular complexity index is 750. The second-order valence-corrected chi connectivity index (χ2v) is 5.17. The minimum Gasteiger partial charge on any atom is -0.494 e. The predicted molar refractivity (Wildman–Crippen MR) is 91.5 cm³/mol.